The first-order valence-electron chi connectivity index (χ1n) is 6.45. The summed E-state index contributed by atoms with van der Waals surface area (Å²) >= 11 is 0. The molecule has 3 nitrogen and oxygen atoms in total. The Morgan fingerprint density at radius 2 is 1.72 bits per heavy atom. The molecule has 0 spiro atoms. The van der Waals surface area contributed by atoms with E-state index in [-0.39, 0.29) is 0 Å². The smallest absolute Gasteiger partial charge is 0.194 e. The largest absolute Gasteiger partial charge is 0.483 e. The molecular weight excluding hydrogens is 228 g/mol. The predicted octanol–water partition coefficient (Wildman–Crippen LogP) is 3.32. The fourth-order valence-electron chi connectivity index (χ4n) is 1.63. The molecule has 0 saturated carbocycles. The van der Waals surface area contributed by atoms with E-state index >= 15 is 0 Å². The van der Waals surface area contributed by atoms with Crippen molar-refractivity contribution in [2.45, 2.75) is 52.4 Å². The maximum Gasteiger partial charge on any atom is 0.194 e. The molecule has 0 amide bonds. The zero-order valence-electron chi connectivity index (χ0n) is 11.9. The van der Waals surface area contributed by atoms with Gasteiger partial charge >= 0.3 is 0 Å². The maximum absolute atomic E-state index is 9.83. The third-order valence-corrected chi connectivity index (χ3v) is 2.85. The van der Waals surface area contributed by atoms with Gasteiger partial charge < -0.3 is 14.6 Å². The minimum absolute atomic E-state index is 0.459. The Balaban J connectivity index is 2.71. The van der Waals surface area contributed by atoms with Crippen molar-refractivity contribution in [1.29, 1.82) is 0 Å². The van der Waals surface area contributed by atoms with Crippen LogP contribution in [0.25, 0.3) is 0 Å². The lowest BCUT2D eigenvalue weighted by atomic mass is 10.0. The van der Waals surface area contributed by atoms with E-state index in [0.717, 1.165) is 5.75 Å². The van der Waals surface area contributed by atoms with Gasteiger partial charge in [-0.25, -0.2) is 0 Å². The summed E-state index contributed by atoms with van der Waals surface area (Å²) in [4.78, 5) is 0. The molecule has 0 radical (unpaired) electrons. The lowest BCUT2D eigenvalue weighted by Gasteiger charge is -2.31. The number of rotatable bonds is 6. The van der Waals surface area contributed by atoms with E-state index < -0.39 is 11.9 Å². The summed E-state index contributed by atoms with van der Waals surface area (Å²) < 4.78 is 10.9. The number of ether oxygens (including phenoxy) is 2. The van der Waals surface area contributed by atoms with Crippen molar-refractivity contribution in [1.82, 2.24) is 0 Å². The SMILES string of the molecule is CCOC(O)C(C)(C)Oc1ccc(C(C)C)cc1. The van der Waals surface area contributed by atoms with E-state index in [1.165, 1.54) is 5.56 Å². The second kappa shape index (κ2) is 6.21. The molecule has 102 valence electrons. The molecule has 1 aromatic rings. The number of benzene rings is 1. The molecule has 1 atom stereocenters. The van der Waals surface area contributed by atoms with Crippen molar-refractivity contribution in [2.75, 3.05) is 6.61 Å². The van der Waals surface area contributed by atoms with Crippen LogP contribution >= 0.6 is 0 Å². The summed E-state index contributed by atoms with van der Waals surface area (Å²) in [7, 11) is 0. The fraction of sp³-hybridized carbons (Fsp3) is 0.600. The highest BCUT2D eigenvalue weighted by molar-refractivity contribution is 5.29. The van der Waals surface area contributed by atoms with Gasteiger partial charge in [0.15, 0.2) is 11.9 Å². The third-order valence-electron chi connectivity index (χ3n) is 2.85. The van der Waals surface area contributed by atoms with Gasteiger partial charge in [-0.1, -0.05) is 26.0 Å². The summed E-state index contributed by atoms with van der Waals surface area (Å²) in [6, 6.07) is 7.94. The second-order valence-corrected chi connectivity index (χ2v) is 5.24. The minimum atomic E-state index is -0.938. The Kier molecular flexibility index (Phi) is 5.17. The summed E-state index contributed by atoms with van der Waals surface area (Å²) in [6.07, 6.45) is -0.938. The summed E-state index contributed by atoms with van der Waals surface area (Å²) in [5.41, 5.74) is 0.500. The van der Waals surface area contributed by atoms with Crippen LogP contribution in [0, 0.1) is 0 Å². The Labute approximate surface area is 110 Å². The molecular formula is C15H24O3. The lowest BCUT2D eigenvalue weighted by molar-refractivity contribution is -0.186. The first kappa shape index (κ1) is 15.0. The zero-order valence-corrected chi connectivity index (χ0v) is 11.9. The number of hydrogen-bond donors (Lipinski definition) is 1. The highest BCUT2D eigenvalue weighted by Crippen LogP contribution is 2.24. The highest BCUT2D eigenvalue weighted by atomic mass is 16.6. The van der Waals surface area contributed by atoms with Crippen LogP contribution in [0.5, 0.6) is 5.75 Å². The van der Waals surface area contributed by atoms with Gasteiger partial charge in [0.2, 0.25) is 0 Å². The van der Waals surface area contributed by atoms with Crippen LogP contribution in [0.4, 0.5) is 0 Å². The van der Waals surface area contributed by atoms with Gasteiger partial charge in [-0.2, -0.15) is 0 Å². The van der Waals surface area contributed by atoms with Gasteiger partial charge in [-0.15, -0.1) is 0 Å². The molecule has 0 fully saturated rings. The standard InChI is InChI=1S/C15H24O3/c1-6-17-14(16)15(4,5)18-13-9-7-12(8-10-13)11(2)3/h7-11,14,16H,6H2,1-5H3. The van der Waals surface area contributed by atoms with Crippen molar-refractivity contribution in [2.24, 2.45) is 0 Å². The molecule has 1 N–H and O–H groups in total. The zero-order chi connectivity index (χ0) is 13.8. The quantitative estimate of drug-likeness (QED) is 0.789. The maximum atomic E-state index is 9.83. The van der Waals surface area contributed by atoms with E-state index in [4.69, 9.17) is 9.47 Å². The molecule has 0 aliphatic heterocycles. The molecule has 0 heterocycles. The van der Waals surface area contributed by atoms with Gasteiger partial charge in [0, 0.05) is 6.61 Å². The van der Waals surface area contributed by atoms with Crippen LogP contribution in [0.15, 0.2) is 24.3 Å². The van der Waals surface area contributed by atoms with E-state index in [1.807, 2.05) is 45.0 Å². The molecule has 1 unspecified atom stereocenters. The topological polar surface area (TPSA) is 38.7 Å². The van der Waals surface area contributed by atoms with E-state index in [1.54, 1.807) is 0 Å². The van der Waals surface area contributed by atoms with Gasteiger partial charge in [-0.3, -0.25) is 0 Å². The third kappa shape index (κ3) is 4.00. The Morgan fingerprint density at radius 1 is 1.17 bits per heavy atom. The van der Waals surface area contributed by atoms with E-state index in [2.05, 4.69) is 13.8 Å². The molecule has 0 saturated heterocycles. The van der Waals surface area contributed by atoms with Gasteiger partial charge in [0.1, 0.15) is 5.75 Å². The van der Waals surface area contributed by atoms with Crippen molar-refractivity contribution in [3.63, 3.8) is 0 Å². The monoisotopic (exact) mass is 252 g/mol. The summed E-state index contributed by atoms with van der Waals surface area (Å²) in [5, 5.41) is 9.83. The number of aliphatic hydroxyl groups is 1. The Morgan fingerprint density at radius 3 is 2.17 bits per heavy atom. The average Bonchev–Trinajstić information content (AvgIpc) is 2.29. The first-order chi connectivity index (χ1) is 8.36. The summed E-state index contributed by atoms with van der Waals surface area (Å²) in [5.74, 6) is 1.24. The van der Waals surface area contributed by atoms with Crippen molar-refractivity contribution in [3.8, 4) is 5.75 Å². The van der Waals surface area contributed by atoms with Gasteiger partial charge in [0.05, 0.1) is 0 Å². The molecule has 0 bridgehead atoms. The van der Waals surface area contributed by atoms with Crippen molar-refractivity contribution < 1.29 is 14.6 Å². The summed E-state index contributed by atoms with van der Waals surface area (Å²) in [6.45, 7) is 10.2. The van der Waals surface area contributed by atoms with E-state index in [0.29, 0.717) is 12.5 Å². The molecule has 0 aliphatic carbocycles. The van der Waals surface area contributed by atoms with Crippen LogP contribution in [0.1, 0.15) is 46.1 Å². The molecule has 1 aromatic carbocycles. The second-order valence-electron chi connectivity index (χ2n) is 5.24. The van der Waals surface area contributed by atoms with Crippen molar-refractivity contribution >= 4 is 0 Å². The fourth-order valence-corrected chi connectivity index (χ4v) is 1.63. The molecule has 18 heavy (non-hydrogen) atoms. The molecule has 1 rings (SSSR count). The van der Waals surface area contributed by atoms with Crippen LogP contribution in [0.2, 0.25) is 0 Å². The highest BCUT2D eigenvalue weighted by Gasteiger charge is 2.30. The molecule has 0 aromatic heterocycles. The Hall–Kier alpha value is -1.06. The van der Waals surface area contributed by atoms with Gasteiger partial charge in [0.25, 0.3) is 0 Å². The minimum Gasteiger partial charge on any atom is -0.483 e. The van der Waals surface area contributed by atoms with Crippen LogP contribution in [-0.4, -0.2) is 23.6 Å². The van der Waals surface area contributed by atoms with E-state index in [9.17, 15) is 5.11 Å². The predicted molar refractivity (Wildman–Crippen MR) is 72.9 cm³/mol. The number of aliphatic hydroxyl groups excluding tert-OH is 1. The van der Waals surface area contributed by atoms with Crippen LogP contribution in [0.3, 0.4) is 0 Å². The van der Waals surface area contributed by atoms with Gasteiger partial charge in [-0.05, 0) is 44.4 Å². The normalized spacial score (nSPS) is 13.7. The molecule has 0 aliphatic rings. The number of hydrogen-bond acceptors (Lipinski definition) is 3. The Bertz CT molecular complexity index is 355. The average molecular weight is 252 g/mol. The first-order valence-corrected chi connectivity index (χ1v) is 6.45. The molecule has 3 heteroatoms. The lowest BCUT2D eigenvalue weighted by Crippen LogP contribution is -2.43. The van der Waals surface area contributed by atoms with Crippen LogP contribution < -0.4 is 4.74 Å². The van der Waals surface area contributed by atoms with Crippen molar-refractivity contribution in [3.05, 3.63) is 29.8 Å². The van der Waals surface area contributed by atoms with Crippen LogP contribution in [-0.2, 0) is 4.74 Å².